The molecular formula is C13H14Cl2N2O5S. The quantitative estimate of drug-likeness (QED) is 0.591. The van der Waals surface area contributed by atoms with Crippen LogP contribution in [-0.2, 0) is 24.3 Å². The number of carbonyl (C=O) groups is 2. The highest BCUT2D eigenvalue weighted by Crippen LogP contribution is 2.64. The van der Waals surface area contributed by atoms with Crippen LogP contribution in [0.5, 0.6) is 0 Å². The largest absolute Gasteiger partial charge is 0.455 e. The number of carbonyl (C=O) groups excluding carboxylic acids is 2. The van der Waals surface area contributed by atoms with E-state index < -0.39 is 38.3 Å². The van der Waals surface area contributed by atoms with Crippen molar-refractivity contribution >= 4 is 50.8 Å². The van der Waals surface area contributed by atoms with Crippen LogP contribution in [0.25, 0.3) is 0 Å². The molecule has 0 aromatic heterocycles. The van der Waals surface area contributed by atoms with Gasteiger partial charge in [0.05, 0.1) is 4.90 Å². The van der Waals surface area contributed by atoms with Gasteiger partial charge >= 0.3 is 5.97 Å². The van der Waals surface area contributed by atoms with Gasteiger partial charge in [-0.3, -0.25) is 9.59 Å². The summed E-state index contributed by atoms with van der Waals surface area (Å²) in [5, 5.41) is 7.40. The molecule has 0 radical (unpaired) electrons. The summed E-state index contributed by atoms with van der Waals surface area (Å²) in [6.07, 6.45) is 0.250. The fourth-order valence-corrected chi connectivity index (χ4v) is 3.11. The van der Waals surface area contributed by atoms with Gasteiger partial charge in [0, 0.05) is 12.1 Å². The maximum atomic E-state index is 11.8. The number of benzene rings is 1. The molecule has 126 valence electrons. The van der Waals surface area contributed by atoms with Crippen molar-refractivity contribution in [3.05, 3.63) is 24.3 Å². The van der Waals surface area contributed by atoms with E-state index in [0.717, 1.165) is 0 Å². The summed E-state index contributed by atoms with van der Waals surface area (Å²) in [5.41, 5.74) is -0.816. The van der Waals surface area contributed by atoms with Crippen LogP contribution in [0.15, 0.2) is 29.2 Å². The summed E-state index contributed by atoms with van der Waals surface area (Å²) in [5.74, 6) is -1.31. The van der Waals surface area contributed by atoms with E-state index >= 15 is 0 Å². The van der Waals surface area contributed by atoms with Crippen molar-refractivity contribution in [3.63, 3.8) is 0 Å². The van der Waals surface area contributed by atoms with E-state index in [1.807, 2.05) is 0 Å². The number of primary sulfonamides is 1. The number of sulfonamides is 1. The fraction of sp³-hybridized carbons (Fsp3) is 0.385. The molecule has 0 aliphatic heterocycles. The Labute approximate surface area is 143 Å². The first-order chi connectivity index (χ1) is 10.5. The summed E-state index contributed by atoms with van der Waals surface area (Å²) >= 11 is 11.7. The molecule has 0 saturated heterocycles. The summed E-state index contributed by atoms with van der Waals surface area (Å²) in [7, 11) is -3.88. The van der Waals surface area contributed by atoms with E-state index in [1.165, 1.54) is 24.3 Å². The molecule has 1 aliphatic carbocycles. The Morgan fingerprint density at radius 1 is 1.39 bits per heavy atom. The molecule has 1 atom stereocenters. The van der Waals surface area contributed by atoms with E-state index in [4.69, 9.17) is 33.1 Å². The number of nitrogens with two attached hydrogens (primary N) is 1. The van der Waals surface area contributed by atoms with E-state index in [-0.39, 0.29) is 17.0 Å². The third-order valence-corrected chi connectivity index (χ3v) is 5.50. The number of hydrogen-bond donors (Lipinski definition) is 2. The molecule has 1 fully saturated rings. The smallest absolute Gasteiger partial charge is 0.315 e. The number of hydrogen-bond acceptors (Lipinski definition) is 5. The van der Waals surface area contributed by atoms with Gasteiger partial charge in [-0.25, -0.2) is 13.6 Å². The van der Waals surface area contributed by atoms with Crippen molar-refractivity contribution < 1.29 is 22.7 Å². The highest BCUT2D eigenvalue weighted by atomic mass is 35.5. The van der Waals surface area contributed by atoms with Crippen LogP contribution in [-0.4, -0.2) is 31.2 Å². The van der Waals surface area contributed by atoms with Crippen LogP contribution in [0.2, 0.25) is 0 Å². The minimum absolute atomic E-state index is 0.146. The Morgan fingerprint density at radius 2 is 2.00 bits per heavy atom. The van der Waals surface area contributed by atoms with Gasteiger partial charge in [0.25, 0.3) is 5.91 Å². The number of anilines is 1. The van der Waals surface area contributed by atoms with Crippen molar-refractivity contribution in [2.45, 2.75) is 22.6 Å². The SMILES string of the molecule is CC1(C(=O)OCC(=O)Nc2cccc(S(N)(=O)=O)c2)CC1(Cl)Cl. The molecule has 1 aromatic rings. The van der Waals surface area contributed by atoms with E-state index in [0.29, 0.717) is 0 Å². The van der Waals surface area contributed by atoms with E-state index in [2.05, 4.69) is 5.32 Å². The van der Waals surface area contributed by atoms with Gasteiger partial charge in [0.2, 0.25) is 10.0 Å². The number of halogens is 2. The standard InChI is InChI=1S/C13H14Cl2N2O5S/c1-12(7-13(12,14)15)11(19)22-6-10(18)17-8-3-2-4-9(5-8)23(16,20)21/h2-5H,6-7H2,1H3,(H,17,18)(H2,16,20,21). The van der Waals surface area contributed by atoms with Gasteiger partial charge in [-0.1, -0.05) is 6.07 Å². The van der Waals surface area contributed by atoms with Crippen LogP contribution in [0, 0.1) is 5.41 Å². The topological polar surface area (TPSA) is 116 Å². The van der Waals surface area contributed by atoms with Crippen molar-refractivity contribution in [1.29, 1.82) is 0 Å². The molecular weight excluding hydrogens is 367 g/mol. The molecule has 0 heterocycles. The third kappa shape index (κ3) is 3.95. The van der Waals surface area contributed by atoms with Crippen LogP contribution >= 0.6 is 23.2 Å². The average Bonchev–Trinajstić information content (AvgIpc) is 2.95. The second-order valence-electron chi connectivity index (χ2n) is 5.41. The Bertz CT molecular complexity index is 765. The molecule has 0 spiro atoms. The number of esters is 1. The number of amides is 1. The van der Waals surface area contributed by atoms with Crippen molar-refractivity contribution in [3.8, 4) is 0 Å². The molecule has 3 N–H and O–H groups in total. The minimum atomic E-state index is -3.88. The first-order valence-electron chi connectivity index (χ1n) is 6.43. The molecule has 1 aromatic carbocycles. The molecule has 0 bridgehead atoms. The molecule has 1 aliphatic rings. The maximum absolute atomic E-state index is 11.8. The molecule has 2 rings (SSSR count). The fourth-order valence-electron chi connectivity index (χ4n) is 1.86. The lowest BCUT2D eigenvalue weighted by Gasteiger charge is -2.12. The summed E-state index contributed by atoms with van der Waals surface area (Å²) in [6, 6.07) is 5.38. The zero-order valence-electron chi connectivity index (χ0n) is 12.0. The molecule has 10 heteroatoms. The van der Waals surface area contributed by atoms with E-state index in [9.17, 15) is 18.0 Å². The van der Waals surface area contributed by atoms with Crippen molar-refractivity contribution in [2.75, 3.05) is 11.9 Å². The minimum Gasteiger partial charge on any atom is -0.455 e. The lowest BCUT2D eigenvalue weighted by molar-refractivity contribution is -0.152. The Kier molecular flexibility index (Phi) is 4.64. The second-order valence-corrected chi connectivity index (χ2v) is 8.46. The number of ether oxygens (including phenoxy) is 1. The van der Waals surface area contributed by atoms with Gasteiger partial charge in [-0.15, -0.1) is 23.2 Å². The Hall–Kier alpha value is -1.35. The Morgan fingerprint density at radius 3 is 2.52 bits per heavy atom. The summed E-state index contributed by atoms with van der Waals surface area (Å²) < 4.78 is 26.2. The lowest BCUT2D eigenvalue weighted by atomic mass is 10.1. The van der Waals surface area contributed by atoms with Crippen LogP contribution < -0.4 is 10.5 Å². The molecule has 1 saturated carbocycles. The zero-order chi connectivity index (χ0) is 17.5. The molecule has 1 unspecified atom stereocenters. The van der Waals surface area contributed by atoms with Crippen LogP contribution in [0.4, 0.5) is 5.69 Å². The molecule has 1 amide bonds. The monoisotopic (exact) mass is 380 g/mol. The third-order valence-electron chi connectivity index (χ3n) is 3.49. The first-order valence-corrected chi connectivity index (χ1v) is 8.74. The molecule has 23 heavy (non-hydrogen) atoms. The normalized spacial score (nSPS) is 22.3. The number of nitrogens with one attached hydrogen (secondary N) is 1. The van der Waals surface area contributed by atoms with Crippen molar-refractivity contribution in [1.82, 2.24) is 0 Å². The average molecular weight is 381 g/mol. The summed E-state index contributed by atoms with van der Waals surface area (Å²) in [4.78, 5) is 23.4. The van der Waals surface area contributed by atoms with Gasteiger partial charge in [-0.05, 0) is 25.1 Å². The molecule has 7 nitrogen and oxygen atoms in total. The predicted octanol–water partition coefficient (Wildman–Crippen LogP) is 1.40. The van der Waals surface area contributed by atoms with Crippen molar-refractivity contribution in [2.24, 2.45) is 10.6 Å². The zero-order valence-corrected chi connectivity index (χ0v) is 14.3. The first kappa shape index (κ1) is 18.0. The summed E-state index contributed by atoms with van der Waals surface area (Å²) in [6.45, 7) is 1.00. The Balaban J connectivity index is 1.92. The number of rotatable bonds is 5. The van der Waals surface area contributed by atoms with Gasteiger partial charge in [0.15, 0.2) is 6.61 Å². The van der Waals surface area contributed by atoms with Gasteiger partial charge in [-0.2, -0.15) is 0 Å². The van der Waals surface area contributed by atoms with Gasteiger partial charge < -0.3 is 10.1 Å². The van der Waals surface area contributed by atoms with Crippen LogP contribution in [0.3, 0.4) is 0 Å². The highest BCUT2D eigenvalue weighted by molar-refractivity contribution is 7.89. The number of alkyl halides is 2. The predicted molar refractivity (Wildman–Crippen MR) is 84.6 cm³/mol. The van der Waals surface area contributed by atoms with Gasteiger partial charge in [0.1, 0.15) is 9.75 Å². The van der Waals surface area contributed by atoms with Crippen LogP contribution in [0.1, 0.15) is 13.3 Å². The highest BCUT2D eigenvalue weighted by Gasteiger charge is 2.69. The second kappa shape index (κ2) is 5.94. The maximum Gasteiger partial charge on any atom is 0.315 e. The van der Waals surface area contributed by atoms with E-state index in [1.54, 1.807) is 6.92 Å². The lowest BCUT2D eigenvalue weighted by Crippen LogP contribution is -2.26.